The van der Waals surface area contributed by atoms with Gasteiger partial charge in [-0.1, -0.05) is 30.3 Å². The summed E-state index contributed by atoms with van der Waals surface area (Å²) < 4.78 is 1.57. The largest absolute Gasteiger partial charge is 0.338 e. The first-order valence-electron chi connectivity index (χ1n) is 9.48. The lowest BCUT2D eigenvalue weighted by Crippen LogP contribution is -2.43. The average molecular weight is 352 g/mol. The van der Waals surface area contributed by atoms with E-state index in [-0.39, 0.29) is 11.5 Å². The molecule has 1 fully saturated rings. The third kappa shape index (κ3) is 3.90. The number of carbonyl (C=O) groups is 1. The Labute approximate surface area is 155 Å². The number of aromatic nitrogens is 1. The van der Waals surface area contributed by atoms with Gasteiger partial charge in [0, 0.05) is 25.8 Å². The first kappa shape index (κ1) is 18.4. The van der Waals surface area contributed by atoms with Crippen LogP contribution < -0.4 is 5.56 Å². The Balaban J connectivity index is 1.71. The van der Waals surface area contributed by atoms with Gasteiger partial charge in [-0.25, -0.2) is 0 Å². The second kappa shape index (κ2) is 7.90. The zero-order chi connectivity index (χ0) is 18.7. The van der Waals surface area contributed by atoms with Gasteiger partial charge in [-0.2, -0.15) is 0 Å². The molecule has 4 heteroatoms. The third-order valence-electron chi connectivity index (χ3n) is 5.57. The summed E-state index contributed by atoms with van der Waals surface area (Å²) in [5, 5.41) is 0. The number of benzene rings is 1. The number of hydrogen-bond donors (Lipinski definition) is 0. The molecule has 2 aromatic rings. The smallest absolute Gasteiger partial charge is 0.263 e. The third-order valence-corrected chi connectivity index (χ3v) is 5.57. The maximum atomic E-state index is 13.0. The van der Waals surface area contributed by atoms with Crippen LogP contribution in [-0.4, -0.2) is 28.5 Å². The van der Waals surface area contributed by atoms with Crippen molar-refractivity contribution in [2.24, 2.45) is 13.0 Å². The Morgan fingerprint density at radius 3 is 2.65 bits per heavy atom. The van der Waals surface area contributed by atoms with Crippen LogP contribution in [-0.2, 0) is 13.5 Å². The molecule has 0 N–H and O–H groups in total. The molecule has 2 heterocycles. The number of likely N-dealkylation sites (tertiary alicyclic amines) is 1. The van der Waals surface area contributed by atoms with Crippen molar-refractivity contribution in [2.45, 2.75) is 39.5 Å². The van der Waals surface area contributed by atoms with Crippen molar-refractivity contribution in [1.82, 2.24) is 9.47 Å². The molecule has 0 aliphatic carbocycles. The number of hydrogen-bond acceptors (Lipinski definition) is 2. The quantitative estimate of drug-likeness (QED) is 0.845. The summed E-state index contributed by atoms with van der Waals surface area (Å²) in [7, 11) is 1.73. The van der Waals surface area contributed by atoms with E-state index in [0.29, 0.717) is 11.5 Å². The zero-order valence-corrected chi connectivity index (χ0v) is 16.0. The standard InChI is InChI=1S/C22H28N2O2/c1-16-14-17(2)23(3)21(25)20(16)22(26)24-13-7-10-19(15-24)12-11-18-8-5-4-6-9-18/h4-6,8-9,14,19H,7,10-13,15H2,1-3H3/t19-/m0/s1. The van der Waals surface area contributed by atoms with Crippen LogP contribution >= 0.6 is 0 Å². The Morgan fingerprint density at radius 2 is 1.92 bits per heavy atom. The summed E-state index contributed by atoms with van der Waals surface area (Å²) in [6.07, 6.45) is 4.29. The molecule has 0 unspecified atom stereocenters. The second-order valence-electron chi connectivity index (χ2n) is 7.49. The van der Waals surface area contributed by atoms with Crippen molar-refractivity contribution < 1.29 is 4.79 Å². The van der Waals surface area contributed by atoms with E-state index in [1.165, 1.54) is 5.56 Å². The molecule has 1 aromatic carbocycles. The van der Waals surface area contributed by atoms with Gasteiger partial charge in [0.1, 0.15) is 5.56 Å². The van der Waals surface area contributed by atoms with Crippen molar-refractivity contribution in [1.29, 1.82) is 0 Å². The Kier molecular flexibility index (Phi) is 5.60. The molecule has 1 atom stereocenters. The molecule has 1 amide bonds. The van der Waals surface area contributed by atoms with Gasteiger partial charge in [0.15, 0.2) is 0 Å². The summed E-state index contributed by atoms with van der Waals surface area (Å²) in [5.41, 5.74) is 3.16. The van der Waals surface area contributed by atoms with E-state index in [9.17, 15) is 9.59 Å². The highest BCUT2D eigenvalue weighted by molar-refractivity contribution is 5.95. The summed E-state index contributed by atoms with van der Waals surface area (Å²) >= 11 is 0. The van der Waals surface area contributed by atoms with Gasteiger partial charge in [0.25, 0.3) is 11.5 Å². The number of rotatable bonds is 4. The highest BCUT2D eigenvalue weighted by Gasteiger charge is 2.27. The molecular formula is C22H28N2O2. The van der Waals surface area contributed by atoms with E-state index in [1.54, 1.807) is 11.6 Å². The van der Waals surface area contributed by atoms with E-state index >= 15 is 0 Å². The summed E-state index contributed by atoms with van der Waals surface area (Å²) in [6.45, 7) is 5.25. The Bertz CT molecular complexity index is 839. The predicted molar refractivity (Wildman–Crippen MR) is 105 cm³/mol. The number of carbonyl (C=O) groups excluding carboxylic acids is 1. The van der Waals surface area contributed by atoms with E-state index in [2.05, 4.69) is 24.3 Å². The van der Waals surface area contributed by atoms with E-state index in [1.807, 2.05) is 30.9 Å². The van der Waals surface area contributed by atoms with Crippen molar-refractivity contribution >= 4 is 5.91 Å². The fourth-order valence-corrected chi connectivity index (χ4v) is 3.90. The lowest BCUT2D eigenvalue weighted by Gasteiger charge is -2.33. The normalized spacial score (nSPS) is 17.3. The number of amides is 1. The van der Waals surface area contributed by atoms with Gasteiger partial charge < -0.3 is 9.47 Å². The van der Waals surface area contributed by atoms with Crippen molar-refractivity contribution in [2.75, 3.05) is 13.1 Å². The molecule has 0 bridgehead atoms. The van der Waals surface area contributed by atoms with E-state index < -0.39 is 0 Å². The van der Waals surface area contributed by atoms with Crippen LogP contribution in [0, 0.1) is 19.8 Å². The number of piperidine rings is 1. The number of pyridine rings is 1. The van der Waals surface area contributed by atoms with Crippen LogP contribution in [0.15, 0.2) is 41.2 Å². The fraction of sp³-hybridized carbons (Fsp3) is 0.455. The molecule has 1 aromatic heterocycles. The lowest BCUT2D eigenvalue weighted by molar-refractivity contribution is 0.0665. The number of nitrogens with zero attached hydrogens (tertiary/aromatic N) is 2. The SMILES string of the molecule is Cc1cc(C)n(C)c(=O)c1C(=O)N1CCC[C@@H](CCc2ccccc2)C1. The lowest BCUT2D eigenvalue weighted by atomic mass is 9.91. The molecule has 0 saturated carbocycles. The first-order chi connectivity index (χ1) is 12.5. The number of aryl methyl sites for hydroxylation is 3. The molecule has 26 heavy (non-hydrogen) atoms. The van der Waals surface area contributed by atoms with Crippen LogP contribution in [0.5, 0.6) is 0 Å². The molecule has 3 rings (SSSR count). The summed E-state index contributed by atoms with van der Waals surface area (Å²) in [4.78, 5) is 27.5. The highest BCUT2D eigenvalue weighted by Crippen LogP contribution is 2.23. The van der Waals surface area contributed by atoms with E-state index in [0.717, 1.165) is 50.0 Å². The van der Waals surface area contributed by atoms with Crippen LogP contribution in [0.4, 0.5) is 0 Å². The second-order valence-corrected chi connectivity index (χ2v) is 7.49. The van der Waals surface area contributed by atoms with Gasteiger partial charge in [-0.05, 0) is 62.6 Å². The van der Waals surface area contributed by atoms with Crippen LogP contribution in [0.2, 0.25) is 0 Å². The minimum Gasteiger partial charge on any atom is -0.338 e. The maximum Gasteiger partial charge on any atom is 0.263 e. The molecule has 0 radical (unpaired) electrons. The van der Waals surface area contributed by atoms with Gasteiger partial charge in [0.05, 0.1) is 0 Å². The van der Waals surface area contributed by atoms with Gasteiger partial charge in [-0.3, -0.25) is 9.59 Å². The monoisotopic (exact) mass is 352 g/mol. The molecule has 138 valence electrons. The van der Waals surface area contributed by atoms with Gasteiger partial charge in [-0.15, -0.1) is 0 Å². The molecule has 1 aliphatic heterocycles. The fourth-order valence-electron chi connectivity index (χ4n) is 3.90. The minimum atomic E-state index is -0.182. The van der Waals surface area contributed by atoms with Crippen LogP contribution in [0.1, 0.15) is 46.4 Å². The summed E-state index contributed by atoms with van der Waals surface area (Å²) in [6, 6.07) is 12.4. The van der Waals surface area contributed by atoms with Crippen LogP contribution in [0.25, 0.3) is 0 Å². The molecule has 4 nitrogen and oxygen atoms in total. The average Bonchev–Trinajstić information content (AvgIpc) is 2.65. The van der Waals surface area contributed by atoms with Crippen molar-refractivity contribution in [3.05, 3.63) is 69.1 Å². The Hall–Kier alpha value is -2.36. The molecule has 1 aliphatic rings. The predicted octanol–water partition coefficient (Wildman–Crippen LogP) is 3.49. The van der Waals surface area contributed by atoms with Crippen molar-refractivity contribution in [3.63, 3.8) is 0 Å². The van der Waals surface area contributed by atoms with E-state index in [4.69, 9.17) is 0 Å². The molecule has 0 spiro atoms. The zero-order valence-electron chi connectivity index (χ0n) is 16.0. The maximum absolute atomic E-state index is 13.0. The Morgan fingerprint density at radius 1 is 1.19 bits per heavy atom. The molecular weight excluding hydrogens is 324 g/mol. The van der Waals surface area contributed by atoms with Crippen LogP contribution in [0.3, 0.4) is 0 Å². The highest BCUT2D eigenvalue weighted by atomic mass is 16.2. The first-order valence-corrected chi connectivity index (χ1v) is 9.48. The summed E-state index contributed by atoms with van der Waals surface area (Å²) in [5.74, 6) is 0.398. The van der Waals surface area contributed by atoms with Gasteiger partial charge in [0.2, 0.25) is 0 Å². The molecule has 1 saturated heterocycles. The minimum absolute atomic E-state index is 0.104. The topological polar surface area (TPSA) is 42.3 Å². The van der Waals surface area contributed by atoms with Gasteiger partial charge >= 0.3 is 0 Å². The van der Waals surface area contributed by atoms with Crippen molar-refractivity contribution in [3.8, 4) is 0 Å².